The van der Waals surface area contributed by atoms with Crippen LogP contribution in [0.5, 0.6) is 0 Å². The highest BCUT2D eigenvalue weighted by molar-refractivity contribution is 6.10. The Morgan fingerprint density at radius 1 is 1.12 bits per heavy atom. The third-order valence-corrected chi connectivity index (χ3v) is 5.17. The van der Waals surface area contributed by atoms with Crippen LogP contribution in [-0.4, -0.2) is 28.7 Å². The second-order valence-electron chi connectivity index (χ2n) is 6.61. The lowest BCUT2D eigenvalue weighted by Crippen LogP contribution is -2.46. The van der Waals surface area contributed by atoms with Crippen LogP contribution in [0.15, 0.2) is 30.4 Å². The molecule has 3 rings (SSSR count). The van der Waals surface area contributed by atoms with Crippen LogP contribution in [0, 0.1) is 25.7 Å². The van der Waals surface area contributed by atoms with E-state index in [9.17, 15) is 14.4 Å². The molecule has 1 aliphatic carbocycles. The minimum Gasteiger partial charge on any atom is -0.324 e. The van der Waals surface area contributed by atoms with Gasteiger partial charge in [0.05, 0.1) is 11.8 Å². The number of carbonyl (C=O) groups excluding carboxylic acids is 3. The molecule has 1 fully saturated rings. The van der Waals surface area contributed by atoms with E-state index < -0.39 is 6.04 Å². The number of aryl methyl sites for hydroxylation is 1. The van der Waals surface area contributed by atoms with Crippen molar-refractivity contribution in [2.75, 3.05) is 5.32 Å². The number of benzene rings is 1. The zero-order valence-electron chi connectivity index (χ0n) is 14.2. The van der Waals surface area contributed by atoms with Crippen molar-refractivity contribution in [1.29, 1.82) is 0 Å². The molecule has 3 atom stereocenters. The summed E-state index contributed by atoms with van der Waals surface area (Å²) in [6.07, 6.45) is 5.04. The van der Waals surface area contributed by atoms with Crippen molar-refractivity contribution >= 4 is 23.4 Å². The van der Waals surface area contributed by atoms with E-state index in [4.69, 9.17) is 0 Å². The van der Waals surface area contributed by atoms with Gasteiger partial charge in [-0.3, -0.25) is 19.3 Å². The Morgan fingerprint density at radius 3 is 2.29 bits per heavy atom. The minimum absolute atomic E-state index is 0.224. The molecular weight excluding hydrogens is 304 g/mol. The van der Waals surface area contributed by atoms with E-state index in [0.29, 0.717) is 18.5 Å². The monoisotopic (exact) mass is 326 g/mol. The number of hydrogen-bond acceptors (Lipinski definition) is 3. The van der Waals surface area contributed by atoms with Crippen LogP contribution < -0.4 is 5.32 Å². The van der Waals surface area contributed by atoms with Gasteiger partial charge in [0.2, 0.25) is 17.7 Å². The van der Waals surface area contributed by atoms with E-state index in [1.807, 2.05) is 44.2 Å². The molecule has 0 spiro atoms. The molecule has 5 nitrogen and oxygen atoms in total. The molecule has 1 saturated heterocycles. The van der Waals surface area contributed by atoms with E-state index in [-0.39, 0.29) is 29.6 Å². The fourth-order valence-electron chi connectivity index (χ4n) is 3.45. The molecule has 5 heteroatoms. The van der Waals surface area contributed by atoms with Gasteiger partial charge in [-0.05, 0) is 50.8 Å². The van der Waals surface area contributed by atoms with Gasteiger partial charge in [-0.15, -0.1) is 0 Å². The van der Waals surface area contributed by atoms with Gasteiger partial charge < -0.3 is 5.32 Å². The standard InChI is InChI=1S/C19H22N2O3/c1-11-7-6-10-16(12(11)2)20-17(22)13(3)21-18(23)14-8-4-5-9-15(14)19(21)24/h4-7,10,13-15H,8-9H2,1-3H3,(H,20,22)/t13-,14-,15-/m0/s1. The number of fused-ring (bicyclic) bond motifs is 1. The number of amides is 3. The zero-order valence-corrected chi connectivity index (χ0v) is 14.2. The molecule has 2 aliphatic rings. The lowest BCUT2D eigenvalue weighted by molar-refractivity contribution is -0.146. The molecule has 1 N–H and O–H groups in total. The molecule has 0 radical (unpaired) electrons. The second-order valence-corrected chi connectivity index (χ2v) is 6.61. The topological polar surface area (TPSA) is 66.5 Å². The Balaban J connectivity index is 1.77. The second kappa shape index (κ2) is 6.23. The first-order chi connectivity index (χ1) is 11.4. The van der Waals surface area contributed by atoms with Crippen molar-refractivity contribution in [1.82, 2.24) is 4.90 Å². The van der Waals surface area contributed by atoms with Crippen LogP contribution in [0.3, 0.4) is 0 Å². The van der Waals surface area contributed by atoms with Gasteiger partial charge in [-0.2, -0.15) is 0 Å². The summed E-state index contributed by atoms with van der Waals surface area (Å²) in [6, 6.07) is 4.86. The number of carbonyl (C=O) groups is 3. The van der Waals surface area contributed by atoms with Gasteiger partial charge in [-0.25, -0.2) is 0 Å². The molecule has 0 bridgehead atoms. The van der Waals surface area contributed by atoms with Crippen molar-refractivity contribution in [3.8, 4) is 0 Å². The lowest BCUT2D eigenvalue weighted by Gasteiger charge is -2.23. The van der Waals surface area contributed by atoms with Crippen LogP contribution in [-0.2, 0) is 14.4 Å². The first kappa shape index (κ1) is 16.4. The summed E-state index contributed by atoms with van der Waals surface area (Å²) in [5.41, 5.74) is 2.77. The number of nitrogens with one attached hydrogen (secondary N) is 1. The summed E-state index contributed by atoms with van der Waals surface area (Å²) < 4.78 is 0. The number of likely N-dealkylation sites (tertiary alicyclic amines) is 1. The van der Waals surface area contributed by atoms with E-state index in [1.54, 1.807) is 6.92 Å². The van der Waals surface area contributed by atoms with Gasteiger partial charge in [0, 0.05) is 5.69 Å². The zero-order chi connectivity index (χ0) is 17.4. The quantitative estimate of drug-likeness (QED) is 0.686. The number of imide groups is 1. The van der Waals surface area contributed by atoms with Crippen LogP contribution in [0.2, 0.25) is 0 Å². The average molecular weight is 326 g/mol. The summed E-state index contributed by atoms with van der Waals surface area (Å²) in [5, 5.41) is 2.85. The molecule has 1 aromatic carbocycles. The number of hydrogen-bond donors (Lipinski definition) is 1. The molecule has 0 aromatic heterocycles. The largest absolute Gasteiger partial charge is 0.324 e. The number of nitrogens with zero attached hydrogens (tertiary/aromatic N) is 1. The number of rotatable bonds is 3. The Hall–Kier alpha value is -2.43. The molecule has 1 aromatic rings. The van der Waals surface area contributed by atoms with Crippen molar-refractivity contribution in [2.45, 2.75) is 39.7 Å². The van der Waals surface area contributed by atoms with Crippen molar-refractivity contribution in [3.05, 3.63) is 41.5 Å². The maximum atomic E-state index is 12.6. The molecule has 24 heavy (non-hydrogen) atoms. The van der Waals surface area contributed by atoms with Crippen molar-refractivity contribution in [2.24, 2.45) is 11.8 Å². The number of allylic oxidation sites excluding steroid dienone is 2. The Morgan fingerprint density at radius 2 is 1.71 bits per heavy atom. The van der Waals surface area contributed by atoms with Gasteiger partial charge >= 0.3 is 0 Å². The molecule has 0 unspecified atom stereocenters. The highest BCUT2D eigenvalue weighted by atomic mass is 16.2. The van der Waals surface area contributed by atoms with Gasteiger partial charge in [0.1, 0.15) is 6.04 Å². The summed E-state index contributed by atoms with van der Waals surface area (Å²) in [6.45, 7) is 5.52. The van der Waals surface area contributed by atoms with Crippen molar-refractivity contribution < 1.29 is 14.4 Å². The van der Waals surface area contributed by atoms with E-state index in [1.165, 1.54) is 0 Å². The summed E-state index contributed by atoms with van der Waals surface area (Å²) in [4.78, 5) is 38.9. The summed E-state index contributed by atoms with van der Waals surface area (Å²) in [7, 11) is 0. The normalized spacial score (nSPS) is 24.0. The molecule has 1 aliphatic heterocycles. The average Bonchev–Trinajstić information content (AvgIpc) is 2.83. The predicted octanol–water partition coefficient (Wildman–Crippen LogP) is 2.58. The Labute approximate surface area is 141 Å². The molecule has 126 valence electrons. The van der Waals surface area contributed by atoms with Gasteiger partial charge in [0.15, 0.2) is 0 Å². The third-order valence-electron chi connectivity index (χ3n) is 5.17. The lowest BCUT2D eigenvalue weighted by atomic mass is 9.85. The predicted molar refractivity (Wildman–Crippen MR) is 91.2 cm³/mol. The smallest absolute Gasteiger partial charge is 0.247 e. The van der Waals surface area contributed by atoms with Gasteiger partial charge in [0.25, 0.3) is 0 Å². The molecule has 1 heterocycles. The van der Waals surface area contributed by atoms with E-state index in [0.717, 1.165) is 16.0 Å². The van der Waals surface area contributed by atoms with E-state index in [2.05, 4.69) is 5.32 Å². The fraction of sp³-hybridized carbons (Fsp3) is 0.421. The summed E-state index contributed by atoms with van der Waals surface area (Å²) >= 11 is 0. The third kappa shape index (κ3) is 2.64. The van der Waals surface area contributed by atoms with Crippen LogP contribution >= 0.6 is 0 Å². The van der Waals surface area contributed by atoms with E-state index >= 15 is 0 Å². The van der Waals surface area contributed by atoms with Crippen LogP contribution in [0.4, 0.5) is 5.69 Å². The molecular formula is C19H22N2O3. The van der Waals surface area contributed by atoms with Crippen LogP contribution in [0.25, 0.3) is 0 Å². The molecule has 0 saturated carbocycles. The van der Waals surface area contributed by atoms with Gasteiger partial charge in [-0.1, -0.05) is 24.3 Å². The maximum absolute atomic E-state index is 12.6. The Bertz CT molecular complexity index is 712. The first-order valence-corrected chi connectivity index (χ1v) is 8.30. The van der Waals surface area contributed by atoms with Crippen molar-refractivity contribution in [3.63, 3.8) is 0 Å². The Kier molecular flexibility index (Phi) is 4.26. The minimum atomic E-state index is -0.810. The first-order valence-electron chi connectivity index (χ1n) is 8.30. The highest BCUT2D eigenvalue weighted by Gasteiger charge is 2.50. The molecule has 3 amide bonds. The SMILES string of the molecule is Cc1cccc(NC(=O)[C@H](C)N2C(=O)[C@H]3CC=CC[C@@H]3C2=O)c1C. The summed E-state index contributed by atoms with van der Waals surface area (Å²) in [5.74, 6) is -1.40. The fourth-order valence-corrected chi connectivity index (χ4v) is 3.45. The van der Waals surface area contributed by atoms with Crippen LogP contribution in [0.1, 0.15) is 30.9 Å². The maximum Gasteiger partial charge on any atom is 0.247 e. The number of anilines is 1. The highest BCUT2D eigenvalue weighted by Crippen LogP contribution is 2.36.